The molecule has 2 rings (SSSR count). The van der Waals surface area contributed by atoms with Gasteiger partial charge in [0.1, 0.15) is 12.2 Å². The van der Waals surface area contributed by atoms with Crippen LogP contribution in [-0.4, -0.2) is 49.6 Å². The van der Waals surface area contributed by atoms with E-state index in [0.717, 1.165) is 12.8 Å². The molecule has 0 unspecified atom stereocenters. The second kappa shape index (κ2) is 7.04. The van der Waals surface area contributed by atoms with E-state index < -0.39 is 12.2 Å². The Labute approximate surface area is 118 Å². The van der Waals surface area contributed by atoms with Crippen molar-refractivity contribution >= 4 is 11.9 Å². The zero-order valence-corrected chi connectivity index (χ0v) is 12.0. The number of ether oxygens (including phenoxy) is 4. The number of esters is 2. The summed E-state index contributed by atoms with van der Waals surface area (Å²) in [6.45, 7) is 4.36. The molecule has 2 aliphatic heterocycles. The largest absolute Gasteiger partial charge is 0.457 e. The van der Waals surface area contributed by atoms with Crippen LogP contribution in [0.1, 0.15) is 39.5 Å². The average molecular weight is 286 g/mol. The molecule has 0 amide bonds. The second-order valence-corrected chi connectivity index (χ2v) is 5.11. The Hall–Kier alpha value is -1.14. The van der Waals surface area contributed by atoms with Crippen LogP contribution in [0.15, 0.2) is 0 Å². The van der Waals surface area contributed by atoms with Crippen molar-refractivity contribution in [3.63, 3.8) is 0 Å². The molecule has 0 aromatic carbocycles. The topological polar surface area (TPSA) is 71.1 Å². The Kier molecular flexibility index (Phi) is 5.37. The number of carbonyl (C=O) groups excluding carboxylic acids is 2. The number of carbonyl (C=O) groups is 2. The summed E-state index contributed by atoms with van der Waals surface area (Å²) in [6.07, 6.45) is 1.07. The molecule has 0 spiro atoms. The molecule has 20 heavy (non-hydrogen) atoms. The molecule has 0 N–H and O–H groups in total. The highest BCUT2D eigenvalue weighted by molar-refractivity contribution is 5.70. The first-order valence-electron chi connectivity index (χ1n) is 7.27. The number of unbranched alkanes of at least 4 members (excludes halogenated alkanes) is 1. The summed E-state index contributed by atoms with van der Waals surface area (Å²) in [7, 11) is 0. The number of hydrogen-bond donors (Lipinski definition) is 0. The first-order chi connectivity index (χ1) is 9.65. The van der Waals surface area contributed by atoms with E-state index in [1.165, 1.54) is 0 Å². The molecule has 6 heteroatoms. The van der Waals surface area contributed by atoms with Gasteiger partial charge in [0, 0.05) is 12.8 Å². The maximum atomic E-state index is 11.6. The lowest BCUT2D eigenvalue weighted by Gasteiger charge is -2.17. The Morgan fingerprint density at radius 3 is 2.05 bits per heavy atom. The summed E-state index contributed by atoms with van der Waals surface area (Å²) in [5, 5.41) is 0. The Morgan fingerprint density at radius 1 is 1.00 bits per heavy atom. The molecule has 0 aromatic heterocycles. The lowest BCUT2D eigenvalue weighted by Crippen LogP contribution is -2.35. The van der Waals surface area contributed by atoms with E-state index in [2.05, 4.69) is 0 Å². The number of hydrogen-bond acceptors (Lipinski definition) is 6. The van der Waals surface area contributed by atoms with Gasteiger partial charge in [-0.2, -0.15) is 0 Å². The molecule has 2 heterocycles. The normalized spacial score (nSPS) is 31.9. The molecule has 0 radical (unpaired) electrons. The van der Waals surface area contributed by atoms with Gasteiger partial charge < -0.3 is 18.9 Å². The smallest absolute Gasteiger partial charge is 0.306 e. The fraction of sp³-hybridized carbons (Fsp3) is 0.857. The quantitative estimate of drug-likeness (QED) is 0.683. The molecule has 6 nitrogen and oxygen atoms in total. The van der Waals surface area contributed by atoms with E-state index in [4.69, 9.17) is 18.9 Å². The molecule has 114 valence electrons. The molecule has 2 aliphatic rings. The van der Waals surface area contributed by atoms with Crippen LogP contribution < -0.4 is 0 Å². The van der Waals surface area contributed by atoms with Gasteiger partial charge in [0.15, 0.2) is 12.2 Å². The SMILES string of the molecule is CCCCC(=O)O[C@@H]1CO[C@H]2[C@@H]1OC[C@@H]2OC(=O)CC. The maximum Gasteiger partial charge on any atom is 0.306 e. The predicted octanol–water partition coefficient (Wildman–Crippen LogP) is 1.21. The maximum absolute atomic E-state index is 11.6. The second-order valence-electron chi connectivity index (χ2n) is 5.11. The number of fused-ring (bicyclic) bond motifs is 1. The van der Waals surface area contributed by atoms with Crippen molar-refractivity contribution in [1.29, 1.82) is 0 Å². The highest BCUT2D eigenvalue weighted by Gasteiger charge is 2.50. The van der Waals surface area contributed by atoms with E-state index in [0.29, 0.717) is 26.1 Å². The molecule has 0 bridgehead atoms. The van der Waals surface area contributed by atoms with Crippen molar-refractivity contribution in [3.05, 3.63) is 0 Å². The zero-order chi connectivity index (χ0) is 14.5. The highest BCUT2D eigenvalue weighted by Crippen LogP contribution is 2.31. The summed E-state index contributed by atoms with van der Waals surface area (Å²) in [5.74, 6) is -0.495. The third-order valence-electron chi connectivity index (χ3n) is 3.55. The third kappa shape index (κ3) is 3.49. The van der Waals surface area contributed by atoms with Crippen molar-refractivity contribution < 1.29 is 28.5 Å². The van der Waals surface area contributed by atoms with E-state index >= 15 is 0 Å². The van der Waals surface area contributed by atoms with Gasteiger partial charge in [-0.1, -0.05) is 20.3 Å². The third-order valence-corrected chi connectivity index (χ3v) is 3.55. The van der Waals surface area contributed by atoms with Gasteiger partial charge in [-0.15, -0.1) is 0 Å². The minimum absolute atomic E-state index is 0.223. The number of rotatable bonds is 6. The minimum atomic E-state index is -0.396. The molecule has 0 saturated carbocycles. The molecule has 0 aromatic rings. The molecular formula is C14H22O6. The summed E-state index contributed by atoms with van der Waals surface area (Å²) in [6, 6.07) is 0. The van der Waals surface area contributed by atoms with Crippen LogP contribution in [0.25, 0.3) is 0 Å². The predicted molar refractivity (Wildman–Crippen MR) is 69.1 cm³/mol. The Bertz CT molecular complexity index is 356. The van der Waals surface area contributed by atoms with E-state index in [1.54, 1.807) is 6.92 Å². The minimum Gasteiger partial charge on any atom is -0.457 e. The zero-order valence-electron chi connectivity index (χ0n) is 12.0. The average Bonchev–Trinajstić information content (AvgIpc) is 3.00. The van der Waals surface area contributed by atoms with Crippen molar-refractivity contribution in [3.8, 4) is 0 Å². The van der Waals surface area contributed by atoms with Gasteiger partial charge in [-0.3, -0.25) is 9.59 Å². The summed E-state index contributed by atoms with van der Waals surface area (Å²) in [4.78, 5) is 22.9. The van der Waals surface area contributed by atoms with Gasteiger partial charge >= 0.3 is 11.9 Å². The standard InChI is InChI=1S/C14H22O6/c1-3-5-6-12(16)20-10-8-18-13-9(7-17-14(10)13)19-11(15)4-2/h9-10,13-14H,3-8H2,1-2H3/t9-,10+,13+,14+/m0/s1. The molecule has 4 atom stereocenters. The van der Waals surface area contributed by atoms with Crippen molar-refractivity contribution in [2.45, 2.75) is 63.9 Å². The summed E-state index contributed by atoms with van der Waals surface area (Å²) >= 11 is 0. The van der Waals surface area contributed by atoms with Crippen LogP contribution in [0.5, 0.6) is 0 Å². The fourth-order valence-electron chi connectivity index (χ4n) is 2.43. The van der Waals surface area contributed by atoms with Gasteiger partial charge in [-0.05, 0) is 6.42 Å². The van der Waals surface area contributed by atoms with Crippen LogP contribution in [0.3, 0.4) is 0 Å². The van der Waals surface area contributed by atoms with Crippen LogP contribution in [0, 0.1) is 0 Å². The van der Waals surface area contributed by atoms with Crippen LogP contribution in [0.4, 0.5) is 0 Å². The van der Waals surface area contributed by atoms with Gasteiger partial charge in [0.25, 0.3) is 0 Å². The first kappa shape index (κ1) is 15.3. The van der Waals surface area contributed by atoms with E-state index in [-0.39, 0.29) is 24.1 Å². The van der Waals surface area contributed by atoms with Gasteiger partial charge in [0.05, 0.1) is 13.2 Å². The molecule has 2 fully saturated rings. The van der Waals surface area contributed by atoms with Crippen LogP contribution in [0.2, 0.25) is 0 Å². The Balaban J connectivity index is 1.83. The van der Waals surface area contributed by atoms with Crippen molar-refractivity contribution in [2.75, 3.05) is 13.2 Å². The van der Waals surface area contributed by atoms with E-state index in [1.807, 2.05) is 6.92 Å². The van der Waals surface area contributed by atoms with Gasteiger partial charge in [-0.25, -0.2) is 0 Å². The highest BCUT2D eigenvalue weighted by atomic mass is 16.7. The van der Waals surface area contributed by atoms with Crippen molar-refractivity contribution in [1.82, 2.24) is 0 Å². The van der Waals surface area contributed by atoms with Crippen LogP contribution >= 0.6 is 0 Å². The molecule has 0 aliphatic carbocycles. The van der Waals surface area contributed by atoms with Crippen LogP contribution in [-0.2, 0) is 28.5 Å². The van der Waals surface area contributed by atoms with Gasteiger partial charge in [0.2, 0.25) is 0 Å². The lowest BCUT2D eigenvalue weighted by atomic mass is 10.1. The monoisotopic (exact) mass is 286 g/mol. The molecule has 2 saturated heterocycles. The lowest BCUT2D eigenvalue weighted by molar-refractivity contribution is -0.155. The molecular weight excluding hydrogens is 264 g/mol. The van der Waals surface area contributed by atoms with Crippen molar-refractivity contribution in [2.24, 2.45) is 0 Å². The first-order valence-corrected chi connectivity index (χ1v) is 7.27. The Morgan fingerprint density at radius 2 is 1.55 bits per heavy atom. The summed E-state index contributed by atoms with van der Waals surface area (Å²) < 4.78 is 21.8. The summed E-state index contributed by atoms with van der Waals surface area (Å²) in [5.41, 5.74) is 0. The van der Waals surface area contributed by atoms with E-state index in [9.17, 15) is 9.59 Å². The fourth-order valence-corrected chi connectivity index (χ4v) is 2.43.